The number of hydrogen-bond donors (Lipinski definition) is 1. The average molecular weight is 386 g/mol. The van der Waals surface area contributed by atoms with Crippen LogP contribution in [-0.4, -0.2) is 79.7 Å². The van der Waals surface area contributed by atoms with Crippen molar-refractivity contribution in [3.05, 3.63) is 0 Å². The summed E-state index contributed by atoms with van der Waals surface area (Å²) in [5.74, 6) is 6.93. The minimum atomic E-state index is 0.585. The Bertz CT molecular complexity index is 354. The molecule has 26 heavy (non-hydrogen) atoms. The van der Waals surface area contributed by atoms with E-state index in [0.29, 0.717) is 6.61 Å². The van der Waals surface area contributed by atoms with Crippen molar-refractivity contribution in [3.8, 4) is 11.8 Å². The number of hydrogen-bond acceptors (Lipinski definition) is 5. The summed E-state index contributed by atoms with van der Waals surface area (Å²) < 4.78 is 7.69. The largest absolute Gasteiger partial charge is 0.367 e. The first kappa shape index (κ1) is 25.8. The van der Waals surface area contributed by atoms with Crippen LogP contribution in [0.4, 0.5) is 0 Å². The Balaban J connectivity index is 0.00000146. The topological polar surface area (TPSA) is 19.0 Å². The minimum absolute atomic E-state index is 0.585. The lowest BCUT2D eigenvalue weighted by molar-refractivity contribution is 0.0908. The van der Waals surface area contributed by atoms with E-state index in [2.05, 4.69) is 45.7 Å². The second kappa shape index (κ2) is 18.1. The van der Waals surface area contributed by atoms with E-state index in [9.17, 15) is 0 Å². The van der Waals surface area contributed by atoms with Gasteiger partial charge in [-0.1, -0.05) is 53.4 Å². The molecule has 154 valence electrons. The summed E-state index contributed by atoms with van der Waals surface area (Å²) in [6, 6.07) is 0. The van der Waals surface area contributed by atoms with Crippen LogP contribution in [0.3, 0.4) is 0 Å². The van der Waals surface area contributed by atoms with Gasteiger partial charge in [-0.25, -0.2) is 0 Å². The molecule has 0 spiro atoms. The van der Waals surface area contributed by atoms with Gasteiger partial charge in [-0.15, -0.1) is 5.92 Å². The molecule has 2 rings (SSSR count). The van der Waals surface area contributed by atoms with Crippen molar-refractivity contribution >= 4 is 12.8 Å². The van der Waals surface area contributed by atoms with Gasteiger partial charge < -0.3 is 14.5 Å². The van der Waals surface area contributed by atoms with Crippen LogP contribution in [-0.2, 0) is 4.74 Å². The van der Waals surface area contributed by atoms with E-state index in [0.717, 1.165) is 38.6 Å². The van der Waals surface area contributed by atoms with Crippen molar-refractivity contribution in [1.29, 1.82) is 0 Å². The van der Waals surface area contributed by atoms with Crippen molar-refractivity contribution in [2.45, 2.75) is 53.9 Å². The molecule has 0 unspecified atom stereocenters. The van der Waals surface area contributed by atoms with E-state index in [1.807, 2.05) is 27.7 Å². The normalized spacial score (nSPS) is 19.5. The molecule has 2 saturated heterocycles. The number of rotatable bonds is 6. The number of thiol groups is 1. The van der Waals surface area contributed by atoms with Gasteiger partial charge in [0.25, 0.3) is 0 Å². The van der Waals surface area contributed by atoms with Crippen molar-refractivity contribution in [2.24, 2.45) is 5.92 Å². The number of piperidine rings is 1. The highest BCUT2D eigenvalue weighted by Crippen LogP contribution is 2.19. The molecule has 2 aliphatic rings. The van der Waals surface area contributed by atoms with E-state index >= 15 is 0 Å². The SMILES string of the molecule is CC.CC.CCC#CCOCCN1CCC(CN2CCN(S)CC2)CC1. The number of piperazine rings is 1. The Morgan fingerprint density at radius 2 is 1.50 bits per heavy atom. The molecule has 0 radical (unpaired) electrons. The molecule has 0 aromatic rings. The molecular formula is C21H43N3OS. The van der Waals surface area contributed by atoms with Crippen molar-refractivity contribution in [2.75, 3.05) is 65.6 Å². The van der Waals surface area contributed by atoms with Crippen LogP contribution >= 0.6 is 12.8 Å². The number of nitrogens with zero attached hydrogens (tertiary/aromatic N) is 3. The maximum absolute atomic E-state index is 5.56. The molecule has 0 saturated carbocycles. The molecule has 0 atom stereocenters. The predicted molar refractivity (Wildman–Crippen MR) is 118 cm³/mol. The monoisotopic (exact) mass is 385 g/mol. The lowest BCUT2D eigenvalue weighted by atomic mass is 9.96. The molecule has 0 aliphatic carbocycles. The van der Waals surface area contributed by atoms with Crippen LogP contribution in [0, 0.1) is 17.8 Å². The van der Waals surface area contributed by atoms with Gasteiger partial charge >= 0.3 is 0 Å². The van der Waals surface area contributed by atoms with Crippen LogP contribution in [0.15, 0.2) is 0 Å². The summed E-state index contributed by atoms with van der Waals surface area (Å²) in [5, 5.41) is 0. The Hall–Kier alpha value is -0.250. The summed E-state index contributed by atoms with van der Waals surface area (Å²) in [6.07, 6.45) is 3.58. The molecule has 2 fully saturated rings. The van der Waals surface area contributed by atoms with Crippen molar-refractivity contribution < 1.29 is 4.74 Å². The molecule has 0 bridgehead atoms. The second-order valence-electron chi connectivity index (χ2n) is 6.30. The molecular weight excluding hydrogens is 342 g/mol. The van der Waals surface area contributed by atoms with Crippen LogP contribution in [0.25, 0.3) is 0 Å². The Morgan fingerprint density at radius 3 is 2.08 bits per heavy atom. The van der Waals surface area contributed by atoms with Gasteiger partial charge in [0.2, 0.25) is 0 Å². The number of likely N-dealkylation sites (tertiary alicyclic amines) is 1. The third-order valence-electron chi connectivity index (χ3n) is 4.60. The quantitative estimate of drug-likeness (QED) is 0.427. The molecule has 0 aromatic carbocycles. The maximum Gasteiger partial charge on any atom is 0.107 e. The third kappa shape index (κ3) is 12.2. The summed E-state index contributed by atoms with van der Waals surface area (Å²) in [4.78, 5) is 5.15. The Kier molecular flexibility index (Phi) is 18.0. The van der Waals surface area contributed by atoms with Gasteiger partial charge in [0.05, 0.1) is 6.61 Å². The average Bonchev–Trinajstić information content (AvgIpc) is 2.71. The van der Waals surface area contributed by atoms with E-state index in [1.54, 1.807) is 0 Å². The van der Waals surface area contributed by atoms with Gasteiger partial charge in [0, 0.05) is 45.7 Å². The first-order chi connectivity index (χ1) is 12.8. The highest BCUT2D eigenvalue weighted by atomic mass is 32.1. The van der Waals surface area contributed by atoms with E-state index in [1.165, 1.54) is 45.6 Å². The van der Waals surface area contributed by atoms with Gasteiger partial charge in [-0.05, 0) is 31.8 Å². The lowest BCUT2D eigenvalue weighted by Gasteiger charge is -2.37. The van der Waals surface area contributed by atoms with Gasteiger partial charge in [-0.3, -0.25) is 4.31 Å². The molecule has 0 amide bonds. The van der Waals surface area contributed by atoms with Crippen molar-refractivity contribution in [1.82, 2.24) is 14.1 Å². The van der Waals surface area contributed by atoms with Crippen LogP contribution in [0.2, 0.25) is 0 Å². The predicted octanol–water partition coefficient (Wildman–Crippen LogP) is 3.64. The van der Waals surface area contributed by atoms with Gasteiger partial charge in [0.1, 0.15) is 6.61 Å². The molecule has 5 heteroatoms. The Labute approximate surface area is 169 Å². The van der Waals surface area contributed by atoms with Crippen LogP contribution < -0.4 is 0 Å². The molecule has 0 aromatic heterocycles. The summed E-state index contributed by atoms with van der Waals surface area (Å²) >= 11 is 4.42. The maximum atomic E-state index is 5.56. The van der Waals surface area contributed by atoms with Gasteiger partial charge in [-0.2, -0.15) is 0 Å². The molecule has 2 aliphatic heterocycles. The van der Waals surface area contributed by atoms with Gasteiger partial charge in [0.15, 0.2) is 0 Å². The standard InChI is InChI=1S/C17H31N3OS.2C2H6/c1-2-3-4-14-21-15-13-18-7-5-17(6-8-18)16-19-9-11-20(22)12-10-19;2*1-2/h17,22H,2,5-16H2,1H3;2*1-2H3. The second-order valence-corrected chi connectivity index (χ2v) is 6.86. The lowest BCUT2D eigenvalue weighted by Crippen LogP contribution is -2.46. The third-order valence-corrected chi connectivity index (χ3v) is 5.00. The highest BCUT2D eigenvalue weighted by molar-refractivity contribution is 7.77. The van der Waals surface area contributed by atoms with Crippen LogP contribution in [0.1, 0.15) is 53.9 Å². The Morgan fingerprint density at radius 1 is 0.885 bits per heavy atom. The zero-order chi connectivity index (χ0) is 19.6. The fourth-order valence-electron chi connectivity index (χ4n) is 3.17. The first-order valence-electron chi connectivity index (χ1n) is 10.7. The zero-order valence-corrected chi connectivity index (χ0v) is 18.9. The van der Waals surface area contributed by atoms with E-state index < -0.39 is 0 Å². The van der Waals surface area contributed by atoms with E-state index in [4.69, 9.17) is 4.74 Å². The summed E-state index contributed by atoms with van der Waals surface area (Å²) in [5.41, 5.74) is 0. The molecule has 4 nitrogen and oxygen atoms in total. The fourth-order valence-corrected chi connectivity index (χ4v) is 3.35. The minimum Gasteiger partial charge on any atom is -0.367 e. The van der Waals surface area contributed by atoms with Crippen molar-refractivity contribution in [3.63, 3.8) is 0 Å². The van der Waals surface area contributed by atoms with Crippen LogP contribution in [0.5, 0.6) is 0 Å². The zero-order valence-electron chi connectivity index (χ0n) is 18.0. The van der Waals surface area contributed by atoms with E-state index in [-0.39, 0.29) is 0 Å². The molecule has 0 N–H and O–H groups in total. The smallest absolute Gasteiger partial charge is 0.107 e. The fraction of sp³-hybridized carbons (Fsp3) is 0.905. The summed E-state index contributed by atoms with van der Waals surface area (Å²) in [6.45, 7) is 20.8. The highest BCUT2D eigenvalue weighted by Gasteiger charge is 2.22. The number of ether oxygens (including phenoxy) is 1. The summed E-state index contributed by atoms with van der Waals surface area (Å²) in [7, 11) is 0. The first-order valence-corrected chi connectivity index (χ1v) is 11.1. The molecule has 2 heterocycles.